The van der Waals surface area contributed by atoms with Crippen molar-refractivity contribution in [3.63, 3.8) is 0 Å². The highest BCUT2D eigenvalue weighted by Gasteiger charge is 2.38. The average Bonchev–Trinajstić information content (AvgIpc) is 3.27. The van der Waals surface area contributed by atoms with Crippen molar-refractivity contribution >= 4 is 12.4 Å². The Labute approximate surface area is 144 Å². The van der Waals surface area contributed by atoms with E-state index in [1.54, 1.807) is 0 Å². The summed E-state index contributed by atoms with van der Waals surface area (Å²) >= 11 is 0. The summed E-state index contributed by atoms with van der Waals surface area (Å²) in [5, 5.41) is 17.2. The Morgan fingerprint density at radius 2 is 1.20 bits per heavy atom. The Hall–Kier alpha value is -1.39. The van der Waals surface area contributed by atoms with Gasteiger partial charge < -0.3 is 26.0 Å². The fourth-order valence-corrected chi connectivity index (χ4v) is 3.70. The lowest BCUT2D eigenvalue weighted by Gasteiger charge is -2.08. The molecule has 4 N–H and O–H groups in total. The van der Waals surface area contributed by atoms with Crippen LogP contribution in [0.4, 0.5) is 13.2 Å². The van der Waals surface area contributed by atoms with Gasteiger partial charge in [0.25, 0.3) is 0 Å². The van der Waals surface area contributed by atoms with E-state index in [0.29, 0.717) is 0 Å². The Morgan fingerprint density at radius 1 is 0.880 bits per heavy atom. The first-order chi connectivity index (χ1) is 11.8. The minimum absolute atomic E-state index is 0.741. The topological polar surface area (TPSA) is 93.7 Å². The number of carboxylic acid groups (broad SMARTS) is 1. The summed E-state index contributed by atoms with van der Waals surface area (Å²) in [4.78, 5) is 21.1. The summed E-state index contributed by atoms with van der Waals surface area (Å²) in [5.41, 5.74) is 0. The Kier molecular flexibility index (Phi) is 7.03. The van der Waals surface area contributed by atoms with Crippen molar-refractivity contribution in [3.8, 4) is 0 Å². The van der Waals surface area contributed by atoms with E-state index in [1.165, 1.54) is 26.2 Å². The predicted octanol–water partition coefficient (Wildman–Crippen LogP) is -0.647. The van der Waals surface area contributed by atoms with E-state index < -0.39 is 12.1 Å². The van der Waals surface area contributed by atoms with Gasteiger partial charge in [0.05, 0.1) is 0 Å². The van der Waals surface area contributed by atoms with E-state index in [2.05, 4.69) is 16.0 Å². The van der Waals surface area contributed by atoms with Crippen molar-refractivity contribution in [1.29, 1.82) is 0 Å². The maximum absolute atomic E-state index is 10.6. The molecule has 0 spiro atoms. The summed E-state index contributed by atoms with van der Waals surface area (Å²) in [6.07, 6.45) is -4.11. The molecule has 144 valence electrons. The number of carbonyl (C=O) groups excluding carboxylic acids is 1. The molecule has 0 saturated carbocycles. The standard InChI is InChI=1S/C7H12N2O.C6H12N2.C2HF3O2/c10-5-9-3-6-1-8-2-7(6)4-9;1-5-2-8-4-6(5)3-7-1;3-2(4,5)1(6)7/h5-8H,1-4H2;5-8H,1-4H2;(H,6,7). The first-order valence-electron chi connectivity index (χ1n) is 8.43. The summed E-state index contributed by atoms with van der Waals surface area (Å²) in [6, 6.07) is 0. The zero-order chi connectivity index (χ0) is 18.4. The van der Waals surface area contributed by atoms with E-state index >= 15 is 0 Å². The second-order valence-electron chi connectivity index (χ2n) is 6.88. The van der Waals surface area contributed by atoms with Crippen molar-refractivity contribution in [3.05, 3.63) is 0 Å². The van der Waals surface area contributed by atoms with Gasteiger partial charge in [-0.15, -0.1) is 0 Å². The van der Waals surface area contributed by atoms with Crippen LogP contribution < -0.4 is 16.0 Å². The van der Waals surface area contributed by atoms with E-state index in [-0.39, 0.29) is 0 Å². The van der Waals surface area contributed by atoms with Crippen LogP contribution in [-0.4, -0.2) is 80.9 Å². The number of alkyl halides is 3. The smallest absolute Gasteiger partial charge is 0.475 e. The third-order valence-electron chi connectivity index (χ3n) is 5.10. The lowest BCUT2D eigenvalue weighted by Crippen LogP contribution is -2.24. The third kappa shape index (κ3) is 5.82. The summed E-state index contributed by atoms with van der Waals surface area (Å²) in [7, 11) is 0. The molecular weight excluding hydrogens is 341 g/mol. The molecule has 4 saturated heterocycles. The van der Waals surface area contributed by atoms with Crippen LogP contribution in [0, 0.1) is 23.7 Å². The quantitative estimate of drug-likeness (QED) is 0.461. The maximum atomic E-state index is 10.6. The van der Waals surface area contributed by atoms with Crippen molar-refractivity contribution < 1.29 is 27.9 Å². The van der Waals surface area contributed by atoms with Crippen LogP contribution in [0.15, 0.2) is 0 Å². The fraction of sp³-hybridized carbons (Fsp3) is 0.867. The molecule has 0 aromatic carbocycles. The third-order valence-corrected chi connectivity index (χ3v) is 5.10. The molecule has 1 amide bonds. The molecule has 0 aromatic rings. The molecule has 0 aromatic heterocycles. The summed E-state index contributed by atoms with van der Waals surface area (Å²) in [6.45, 7) is 9.15. The number of hydrogen-bond acceptors (Lipinski definition) is 5. The van der Waals surface area contributed by atoms with Gasteiger partial charge in [0.1, 0.15) is 0 Å². The molecule has 4 aliphatic heterocycles. The highest BCUT2D eigenvalue weighted by molar-refractivity contribution is 5.73. The van der Waals surface area contributed by atoms with Crippen LogP contribution in [-0.2, 0) is 9.59 Å². The molecule has 0 aliphatic carbocycles. The zero-order valence-corrected chi connectivity index (χ0v) is 13.9. The van der Waals surface area contributed by atoms with Gasteiger partial charge in [-0.25, -0.2) is 4.79 Å². The average molecular weight is 366 g/mol. The zero-order valence-electron chi connectivity index (χ0n) is 13.9. The number of fused-ring (bicyclic) bond motifs is 2. The second-order valence-corrected chi connectivity index (χ2v) is 6.88. The van der Waals surface area contributed by atoms with Crippen LogP contribution in [0.5, 0.6) is 0 Å². The second kappa shape index (κ2) is 8.81. The number of halogens is 3. The maximum Gasteiger partial charge on any atom is 0.490 e. The minimum Gasteiger partial charge on any atom is -0.475 e. The normalized spacial score (nSPS) is 32.8. The van der Waals surface area contributed by atoms with Gasteiger partial charge >= 0.3 is 12.1 Å². The fourth-order valence-electron chi connectivity index (χ4n) is 3.70. The largest absolute Gasteiger partial charge is 0.490 e. The number of aliphatic carboxylic acids is 1. The van der Waals surface area contributed by atoms with E-state index in [9.17, 15) is 18.0 Å². The molecule has 25 heavy (non-hydrogen) atoms. The molecule has 4 fully saturated rings. The van der Waals surface area contributed by atoms with Gasteiger partial charge in [0.15, 0.2) is 0 Å². The van der Waals surface area contributed by atoms with Gasteiger partial charge in [0, 0.05) is 26.2 Å². The van der Waals surface area contributed by atoms with Crippen molar-refractivity contribution in [2.24, 2.45) is 23.7 Å². The molecule has 0 bridgehead atoms. The highest BCUT2D eigenvalue weighted by atomic mass is 19.4. The molecule has 7 nitrogen and oxygen atoms in total. The number of nitrogens with one attached hydrogen (secondary N) is 3. The highest BCUT2D eigenvalue weighted by Crippen LogP contribution is 2.24. The number of nitrogens with zero attached hydrogens (tertiary/aromatic N) is 1. The predicted molar refractivity (Wildman–Crippen MR) is 83.9 cm³/mol. The van der Waals surface area contributed by atoms with Gasteiger partial charge in [-0.2, -0.15) is 13.2 Å². The molecular formula is C15H25F3N4O3. The lowest BCUT2D eigenvalue weighted by molar-refractivity contribution is -0.192. The molecule has 4 heterocycles. The number of carbonyl (C=O) groups is 2. The molecule has 4 rings (SSSR count). The monoisotopic (exact) mass is 366 g/mol. The SMILES string of the molecule is C1NCC2CNCC12.O=C(O)C(F)(F)F.O=CN1CC2CNCC2C1. The summed E-state index contributed by atoms with van der Waals surface area (Å²) in [5.74, 6) is 0.632. The van der Waals surface area contributed by atoms with Crippen LogP contribution >= 0.6 is 0 Å². The van der Waals surface area contributed by atoms with Crippen molar-refractivity contribution in [1.82, 2.24) is 20.9 Å². The van der Waals surface area contributed by atoms with Gasteiger partial charge in [-0.3, -0.25) is 4.79 Å². The molecule has 10 heteroatoms. The molecule has 2 unspecified atom stereocenters. The molecule has 4 aliphatic rings. The number of likely N-dealkylation sites (tertiary alicyclic amines) is 1. The van der Waals surface area contributed by atoms with Gasteiger partial charge in [-0.1, -0.05) is 0 Å². The van der Waals surface area contributed by atoms with E-state index in [1.807, 2.05) is 4.90 Å². The van der Waals surface area contributed by atoms with Crippen LogP contribution in [0.2, 0.25) is 0 Å². The first-order valence-corrected chi connectivity index (χ1v) is 8.43. The number of amides is 1. The molecule has 0 radical (unpaired) electrons. The number of carboxylic acids is 1. The van der Waals surface area contributed by atoms with Crippen molar-refractivity contribution in [2.45, 2.75) is 6.18 Å². The van der Waals surface area contributed by atoms with Gasteiger partial charge in [0.2, 0.25) is 6.41 Å². The lowest BCUT2D eigenvalue weighted by atomic mass is 10.0. The van der Waals surface area contributed by atoms with Gasteiger partial charge in [-0.05, 0) is 49.9 Å². The Bertz CT molecular complexity index is 432. The first kappa shape index (κ1) is 19.9. The number of hydrogen-bond donors (Lipinski definition) is 4. The number of rotatable bonds is 1. The Morgan fingerprint density at radius 3 is 1.48 bits per heavy atom. The summed E-state index contributed by atoms with van der Waals surface area (Å²) < 4.78 is 31.7. The molecule has 2 atom stereocenters. The van der Waals surface area contributed by atoms with Crippen molar-refractivity contribution in [2.75, 3.05) is 52.4 Å². The van der Waals surface area contributed by atoms with E-state index in [4.69, 9.17) is 9.90 Å². The van der Waals surface area contributed by atoms with E-state index in [0.717, 1.165) is 56.3 Å². The Balaban J connectivity index is 0.000000138. The minimum atomic E-state index is -5.08. The van der Waals surface area contributed by atoms with Crippen LogP contribution in [0.1, 0.15) is 0 Å². The van der Waals surface area contributed by atoms with Crippen LogP contribution in [0.25, 0.3) is 0 Å². The van der Waals surface area contributed by atoms with Crippen LogP contribution in [0.3, 0.4) is 0 Å².